The number of pyridine rings is 1. The first kappa shape index (κ1) is 20.7. The molecule has 0 fully saturated rings. The predicted octanol–water partition coefficient (Wildman–Crippen LogP) is 4.13. The Hall–Kier alpha value is -3.59. The molecule has 0 saturated heterocycles. The van der Waals surface area contributed by atoms with Crippen LogP contribution in [0, 0.1) is 0 Å². The summed E-state index contributed by atoms with van der Waals surface area (Å²) in [6.07, 6.45) is 1.59. The molecule has 8 nitrogen and oxygen atoms in total. The average Bonchev–Trinajstić information content (AvgIpc) is 2.80. The Bertz CT molecular complexity index is 1120. The summed E-state index contributed by atoms with van der Waals surface area (Å²) in [4.78, 5) is 29.4. The fourth-order valence-corrected chi connectivity index (χ4v) is 3.22. The number of anilines is 2. The van der Waals surface area contributed by atoms with Gasteiger partial charge in [0.25, 0.3) is 11.8 Å². The minimum atomic E-state index is -0.373. The smallest absolute Gasteiger partial charge is 0.256 e. The summed E-state index contributed by atoms with van der Waals surface area (Å²) in [5, 5.41) is 5.51. The fourth-order valence-electron chi connectivity index (χ4n) is 2.98. The van der Waals surface area contributed by atoms with Gasteiger partial charge in [-0.3, -0.25) is 9.59 Å². The minimum absolute atomic E-state index is 0.341. The molecule has 158 valence electrons. The molecule has 3 aromatic rings. The molecule has 0 unspecified atom stereocenters. The molecule has 2 heterocycles. The van der Waals surface area contributed by atoms with E-state index in [1.54, 1.807) is 54.7 Å². The Morgan fingerprint density at radius 3 is 2.58 bits per heavy atom. The van der Waals surface area contributed by atoms with Gasteiger partial charge in [-0.2, -0.15) is 0 Å². The number of hydrogen-bond acceptors (Lipinski definition) is 6. The van der Waals surface area contributed by atoms with Crippen LogP contribution in [0.2, 0.25) is 0 Å². The lowest BCUT2D eigenvalue weighted by Crippen LogP contribution is -2.18. The highest BCUT2D eigenvalue weighted by atomic mass is 79.9. The van der Waals surface area contributed by atoms with E-state index in [1.165, 1.54) is 7.11 Å². The fraction of sp³-hybridized carbons (Fsp3) is 0.136. The topological polar surface area (TPSA) is 98.8 Å². The molecule has 0 bridgehead atoms. The Kier molecular flexibility index (Phi) is 6.03. The highest BCUT2D eigenvalue weighted by Gasteiger charge is 2.21. The van der Waals surface area contributed by atoms with E-state index < -0.39 is 0 Å². The molecule has 0 spiro atoms. The van der Waals surface area contributed by atoms with E-state index in [4.69, 9.17) is 14.2 Å². The zero-order valence-corrected chi connectivity index (χ0v) is 18.1. The molecule has 0 saturated carbocycles. The molecule has 2 N–H and O–H groups in total. The lowest BCUT2D eigenvalue weighted by atomic mass is 10.1. The molecule has 0 atom stereocenters. The van der Waals surface area contributed by atoms with Crippen molar-refractivity contribution >= 4 is 39.2 Å². The van der Waals surface area contributed by atoms with Crippen LogP contribution in [0.25, 0.3) is 0 Å². The molecule has 2 aromatic carbocycles. The highest BCUT2D eigenvalue weighted by Crippen LogP contribution is 2.40. The summed E-state index contributed by atoms with van der Waals surface area (Å²) in [6, 6.07) is 13.3. The number of carbonyl (C=O) groups is 2. The molecule has 1 aliphatic heterocycles. The number of amides is 2. The third-order valence-electron chi connectivity index (χ3n) is 4.44. The van der Waals surface area contributed by atoms with Gasteiger partial charge in [-0.05, 0) is 58.4 Å². The molecular formula is C22H18BrN3O5. The maximum atomic E-state index is 12.8. The van der Waals surface area contributed by atoms with Crippen LogP contribution in [-0.2, 0) is 0 Å². The van der Waals surface area contributed by atoms with Crippen molar-refractivity contribution in [3.63, 3.8) is 0 Å². The zero-order valence-electron chi connectivity index (χ0n) is 16.5. The number of benzene rings is 2. The maximum Gasteiger partial charge on any atom is 0.256 e. The van der Waals surface area contributed by atoms with E-state index in [1.807, 2.05) is 0 Å². The van der Waals surface area contributed by atoms with Crippen LogP contribution in [0.4, 0.5) is 11.5 Å². The minimum Gasteiger partial charge on any atom is -0.493 e. The van der Waals surface area contributed by atoms with Crippen LogP contribution < -0.4 is 24.8 Å². The van der Waals surface area contributed by atoms with E-state index in [9.17, 15) is 9.59 Å². The van der Waals surface area contributed by atoms with Crippen LogP contribution >= 0.6 is 15.9 Å². The molecule has 0 radical (unpaired) electrons. The van der Waals surface area contributed by atoms with Crippen molar-refractivity contribution in [2.45, 2.75) is 0 Å². The Morgan fingerprint density at radius 2 is 1.81 bits per heavy atom. The van der Waals surface area contributed by atoms with E-state index in [2.05, 4.69) is 31.5 Å². The number of halogens is 1. The number of carbonyl (C=O) groups excluding carboxylic acids is 2. The molecule has 0 aliphatic carbocycles. The van der Waals surface area contributed by atoms with Crippen LogP contribution in [0.15, 0.2) is 59.2 Å². The van der Waals surface area contributed by atoms with Gasteiger partial charge in [-0.25, -0.2) is 4.98 Å². The van der Waals surface area contributed by atoms with Crippen molar-refractivity contribution < 1.29 is 23.8 Å². The molecule has 4 rings (SSSR count). The van der Waals surface area contributed by atoms with Gasteiger partial charge in [0.05, 0.1) is 7.11 Å². The lowest BCUT2D eigenvalue weighted by molar-refractivity contribution is 0.101. The number of aromatic nitrogens is 1. The van der Waals surface area contributed by atoms with Gasteiger partial charge in [0.15, 0.2) is 11.5 Å². The van der Waals surface area contributed by atoms with Gasteiger partial charge in [0.2, 0.25) is 5.75 Å². The Labute approximate surface area is 186 Å². The van der Waals surface area contributed by atoms with Crippen molar-refractivity contribution in [3.05, 3.63) is 70.3 Å². The number of rotatable bonds is 5. The third-order valence-corrected chi connectivity index (χ3v) is 4.91. The first-order chi connectivity index (χ1) is 15.0. The Morgan fingerprint density at radius 1 is 1.00 bits per heavy atom. The summed E-state index contributed by atoms with van der Waals surface area (Å²) in [7, 11) is 1.50. The van der Waals surface area contributed by atoms with Crippen molar-refractivity contribution in [1.29, 1.82) is 0 Å². The third kappa shape index (κ3) is 4.77. The van der Waals surface area contributed by atoms with Gasteiger partial charge < -0.3 is 24.8 Å². The normalized spacial score (nSPS) is 12.1. The molecule has 1 aromatic heterocycles. The van der Waals surface area contributed by atoms with E-state index in [0.29, 0.717) is 53.1 Å². The highest BCUT2D eigenvalue weighted by molar-refractivity contribution is 9.10. The second-order valence-corrected chi connectivity index (χ2v) is 7.47. The van der Waals surface area contributed by atoms with Gasteiger partial charge in [0.1, 0.15) is 19.0 Å². The summed E-state index contributed by atoms with van der Waals surface area (Å²) >= 11 is 3.30. The molecule has 1 aliphatic rings. The second-order valence-electron chi connectivity index (χ2n) is 6.55. The molecule has 31 heavy (non-hydrogen) atoms. The average molecular weight is 484 g/mol. The molecule has 9 heteroatoms. The second kappa shape index (κ2) is 9.05. The van der Waals surface area contributed by atoms with Crippen LogP contribution in [0.1, 0.15) is 20.7 Å². The predicted molar refractivity (Wildman–Crippen MR) is 118 cm³/mol. The number of methoxy groups -OCH3 is 1. The summed E-state index contributed by atoms with van der Waals surface area (Å²) < 4.78 is 17.3. The van der Waals surface area contributed by atoms with Crippen molar-refractivity contribution in [2.75, 3.05) is 31.0 Å². The Balaban J connectivity index is 1.50. The van der Waals surface area contributed by atoms with Gasteiger partial charge in [0, 0.05) is 27.5 Å². The van der Waals surface area contributed by atoms with Crippen LogP contribution in [0.3, 0.4) is 0 Å². The van der Waals surface area contributed by atoms with E-state index in [-0.39, 0.29) is 11.8 Å². The first-order valence-electron chi connectivity index (χ1n) is 9.35. The standard InChI is InChI=1S/C22H18BrN3O5/c1-29-17-10-14(11-18-20(17)31-8-7-30-18)22(28)25-16-4-2-3-13(9-16)21(27)26-19-6-5-15(23)12-24-19/h2-6,9-12H,7-8H2,1H3,(H,25,28)(H,24,26,27). The van der Waals surface area contributed by atoms with E-state index >= 15 is 0 Å². The lowest BCUT2D eigenvalue weighted by Gasteiger charge is -2.21. The zero-order chi connectivity index (χ0) is 21.8. The van der Waals surface area contributed by atoms with Gasteiger partial charge in [-0.15, -0.1) is 0 Å². The van der Waals surface area contributed by atoms with Crippen molar-refractivity contribution in [2.24, 2.45) is 0 Å². The van der Waals surface area contributed by atoms with E-state index in [0.717, 1.165) is 4.47 Å². The van der Waals surface area contributed by atoms with Crippen LogP contribution in [-0.4, -0.2) is 37.1 Å². The number of nitrogens with one attached hydrogen (secondary N) is 2. The summed E-state index contributed by atoms with van der Waals surface area (Å²) in [6.45, 7) is 0.811. The summed E-state index contributed by atoms with van der Waals surface area (Å²) in [5.41, 5.74) is 1.19. The SMILES string of the molecule is COc1cc(C(=O)Nc2cccc(C(=O)Nc3ccc(Br)cn3)c2)cc2c1OCCO2. The monoisotopic (exact) mass is 483 g/mol. The summed E-state index contributed by atoms with van der Waals surface area (Å²) in [5.74, 6) is 1.05. The number of ether oxygens (including phenoxy) is 3. The van der Waals surface area contributed by atoms with Crippen molar-refractivity contribution in [1.82, 2.24) is 4.98 Å². The first-order valence-corrected chi connectivity index (χ1v) is 10.1. The largest absolute Gasteiger partial charge is 0.493 e. The number of fused-ring (bicyclic) bond motifs is 1. The molecule has 2 amide bonds. The number of nitrogens with zero attached hydrogens (tertiary/aromatic N) is 1. The van der Waals surface area contributed by atoms with Crippen molar-refractivity contribution in [3.8, 4) is 17.2 Å². The maximum absolute atomic E-state index is 12.8. The molecular weight excluding hydrogens is 466 g/mol. The quantitative estimate of drug-likeness (QED) is 0.565. The van der Waals surface area contributed by atoms with Gasteiger partial charge in [-0.1, -0.05) is 6.07 Å². The number of hydrogen-bond donors (Lipinski definition) is 2. The van der Waals surface area contributed by atoms with Crippen LogP contribution in [0.5, 0.6) is 17.2 Å². The van der Waals surface area contributed by atoms with Gasteiger partial charge >= 0.3 is 0 Å².